The maximum atomic E-state index is 12.1. The molecule has 0 heterocycles. The fourth-order valence-corrected chi connectivity index (χ4v) is 2.71. The first-order valence-electron chi connectivity index (χ1n) is 7.42. The number of carbonyl (C=O) groups is 1. The number of rotatable bonds is 6. The van der Waals surface area contributed by atoms with Crippen molar-refractivity contribution in [3.8, 4) is 5.75 Å². The van der Waals surface area contributed by atoms with Gasteiger partial charge in [-0.25, -0.2) is 0 Å². The Bertz CT molecular complexity index is 513. The second-order valence-electron chi connectivity index (χ2n) is 6.40. The molecule has 1 saturated carbocycles. The Labute approximate surface area is 127 Å². The van der Waals surface area contributed by atoms with Gasteiger partial charge in [0.25, 0.3) is 0 Å². The third-order valence-electron chi connectivity index (χ3n) is 4.02. The van der Waals surface area contributed by atoms with Crippen LogP contribution in [0.25, 0.3) is 0 Å². The number of carbonyl (C=O) groups excluding carboxylic acids is 1. The first kappa shape index (κ1) is 15.6. The number of esters is 1. The molecule has 1 aliphatic carbocycles. The van der Waals surface area contributed by atoms with Crippen molar-refractivity contribution >= 4 is 5.97 Å². The van der Waals surface area contributed by atoms with Crippen LogP contribution in [-0.4, -0.2) is 19.2 Å². The minimum atomic E-state index is -0.112. The lowest BCUT2D eigenvalue weighted by molar-refractivity contribution is -0.146. The highest BCUT2D eigenvalue weighted by molar-refractivity contribution is 5.78. The zero-order valence-electron chi connectivity index (χ0n) is 13.3. The predicted octanol–water partition coefficient (Wildman–Crippen LogP) is 3.85. The van der Waals surface area contributed by atoms with Crippen molar-refractivity contribution in [3.63, 3.8) is 0 Å². The van der Waals surface area contributed by atoms with Gasteiger partial charge in [-0.15, -0.1) is 0 Å². The highest BCUT2D eigenvalue weighted by atomic mass is 16.6. The van der Waals surface area contributed by atoms with Crippen LogP contribution in [0, 0.1) is 17.3 Å². The highest BCUT2D eigenvalue weighted by Crippen LogP contribution is 2.59. The molecule has 21 heavy (non-hydrogen) atoms. The lowest BCUT2D eigenvalue weighted by atomic mass is 10.1. The van der Waals surface area contributed by atoms with Crippen LogP contribution < -0.4 is 4.74 Å². The molecule has 1 fully saturated rings. The fourth-order valence-electron chi connectivity index (χ4n) is 2.71. The lowest BCUT2D eigenvalue weighted by Crippen LogP contribution is -2.15. The second kappa shape index (κ2) is 6.33. The quantitative estimate of drug-likeness (QED) is 0.453. The molecule has 1 aromatic rings. The SMILES string of the molecule is CC(C)=C[C@H]1[C@@H](C(=O)OCCOc2ccccc2)C1(C)C. The van der Waals surface area contributed by atoms with Crippen LogP contribution >= 0.6 is 0 Å². The summed E-state index contributed by atoms with van der Waals surface area (Å²) in [5, 5.41) is 0. The van der Waals surface area contributed by atoms with Crippen LogP contribution in [0.3, 0.4) is 0 Å². The first-order chi connectivity index (χ1) is 9.93. The third kappa shape index (κ3) is 3.87. The van der Waals surface area contributed by atoms with Gasteiger partial charge in [0.1, 0.15) is 19.0 Å². The number of para-hydroxylation sites is 1. The topological polar surface area (TPSA) is 35.5 Å². The predicted molar refractivity (Wildman–Crippen MR) is 83.1 cm³/mol. The summed E-state index contributed by atoms with van der Waals surface area (Å²) in [7, 11) is 0. The van der Waals surface area contributed by atoms with Crippen LogP contribution in [0.2, 0.25) is 0 Å². The van der Waals surface area contributed by atoms with Gasteiger partial charge < -0.3 is 9.47 Å². The standard InChI is InChI=1S/C18H24O3/c1-13(2)12-15-16(18(15,3)4)17(19)21-11-10-20-14-8-6-5-7-9-14/h5-9,12,15-16H,10-11H2,1-4H3/t15-,16-/m0/s1. The van der Waals surface area contributed by atoms with Crippen molar-refractivity contribution in [2.24, 2.45) is 17.3 Å². The Morgan fingerprint density at radius 1 is 1.19 bits per heavy atom. The number of hydrogen-bond donors (Lipinski definition) is 0. The first-order valence-corrected chi connectivity index (χ1v) is 7.42. The molecule has 0 unspecified atom stereocenters. The summed E-state index contributed by atoms with van der Waals surface area (Å²) < 4.78 is 10.9. The zero-order chi connectivity index (χ0) is 15.5. The van der Waals surface area contributed by atoms with Gasteiger partial charge in [-0.2, -0.15) is 0 Å². The van der Waals surface area contributed by atoms with Gasteiger partial charge in [0.15, 0.2) is 0 Å². The van der Waals surface area contributed by atoms with Gasteiger partial charge in [-0.05, 0) is 37.3 Å². The maximum absolute atomic E-state index is 12.1. The summed E-state index contributed by atoms with van der Waals surface area (Å²) >= 11 is 0. The van der Waals surface area contributed by atoms with Gasteiger partial charge >= 0.3 is 5.97 Å². The van der Waals surface area contributed by atoms with Gasteiger partial charge in [-0.1, -0.05) is 43.7 Å². The fraction of sp³-hybridized carbons (Fsp3) is 0.500. The Balaban J connectivity index is 1.74. The second-order valence-corrected chi connectivity index (χ2v) is 6.40. The van der Waals surface area contributed by atoms with E-state index in [1.807, 2.05) is 30.3 Å². The third-order valence-corrected chi connectivity index (χ3v) is 4.02. The van der Waals surface area contributed by atoms with E-state index < -0.39 is 0 Å². The van der Waals surface area contributed by atoms with E-state index in [0.717, 1.165) is 5.75 Å². The molecule has 0 spiro atoms. The molecule has 1 aliphatic rings. The smallest absolute Gasteiger partial charge is 0.310 e. The normalized spacial score (nSPS) is 22.3. The van der Waals surface area contributed by atoms with E-state index in [0.29, 0.717) is 19.1 Å². The molecule has 2 rings (SSSR count). The maximum Gasteiger partial charge on any atom is 0.310 e. The van der Waals surface area contributed by atoms with E-state index in [2.05, 4.69) is 33.8 Å². The van der Waals surface area contributed by atoms with Crippen molar-refractivity contribution in [3.05, 3.63) is 42.0 Å². The molecule has 3 heteroatoms. The Hall–Kier alpha value is -1.77. The van der Waals surface area contributed by atoms with Gasteiger partial charge in [0, 0.05) is 0 Å². The van der Waals surface area contributed by atoms with Crippen molar-refractivity contribution < 1.29 is 14.3 Å². The molecule has 2 atom stereocenters. The average Bonchev–Trinajstić information content (AvgIpc) is 2.96. The molecule has 0 N–H and O–H groups in total. The van der Waals surface area contributed by atoms with Crippen LogP contribution in [0.1, 0.15) is 27.7 Å². The summed E-state index contributed by atoms with van der Waals surface area (Å²) in [6.45, 7) is 9.03. The van der Waals surface area contributed by atoms with Gasteiger partial charge in [0.05, 0.1) is 5.92 Å². The minimum Gasteiger partial charge on any atom is -0.490 e. The highest BCUT2D eigenvalue weighted by Gasteiger charge is 2.61. The number of benzene rings is 1. The number of allylic oxidation sites excluding steroid dienone is 2. The van der Waals surface area contributed by atoms with E-state index in [-0.39, 0.29) is 17.3 Å². The van der Waals surface area contributed by atoms with E-state index in [1.165, 1.54) is 5.57 Å². The lowest BCUT2D eigenvalue weighted by Gasteiger charge is -2.07. The molecule has 0 aliphatic heterocycles. The van der Waals surface area contributed by atoms with Crippen molar-refractivity contribution in [2.75, 3.05) is 13.2 Å². The molecule has 0 aromatic heterocycles. The molecule has 1 aromatic carbocycles. The molecule has 3 nitrogen and oxygen atoms in total. The minimum absolute atomic E-state index is 0.00857. The molecular formula is C18H24O3. The van der Waals surface area contributed by atoms with Crippen LogP contribution in [0.15, 0.2) is 42.0 Å². The van der Waals surface area contributed by atoms with Crippen LogP contribution in [-0.2, 0) is 9.53 Å². The van der Waals surface area contributed by atoms with Gasteiger partial charge in [-0.3, -0.25) is 4.79 Å². The Morgan fingerprint density at radius 3 is 2.48 bits per heavy atom. The van der Waals surface area contributed by atoms with E-state index in [9.17, 15) is 4.79 Å². The summed E-state index contributed by atoms with van der Waals surface area (Å²) in [4.78, 5) is 12.1. The van der Waals surface area contributed by atoms with Crippen LogP contribution in [0.5, 0.6) is 5.75 Å². The Kier molecular flexibility index (Phi) is 4.71. The summed E-state index contributed by atoms with van der Waals surface area (Å²) in [5.74, 6) is 0.955. The Morgan fingerprint density at radius 2 is 1.86 bits per heavy atom. The van der Waals surface area contributed by atoms with Crippen molar-refractivity contribution in [1.29, 1.82) is 0 Å². The number of ether oxygens (including phenoxy) is 2. The molecule has 0 bridgehead atoms. The summed E-state index contributed by atoms with van der Waals surface area (Å²) in [5.41, 5.74) is 1.25. The van der Waals surface area contributed by atoms with Crippen LogP contribution in [0.4, 0.5) is 0 Å². The summed E-state index contributed by atoms with van der Waals surface area (Å²) in [6, 6.07) is 9.54. The van der Waals surface area contributed by atoms with E-state index in [4.69, 9.17) is 9.47 Å². The zero-order valence-corrected chi connectivity index (χ0v) is 13.3. The largest absolute Gasteiger partial charge is 0.490 e. The molecule has 0 amide bonds. The van der Waals surface area contributed by atoms with E-state index >= 15 is 0 Å². The van der Waals surface area contributed by atoms with Gasteiger partial charge in [0.2, 0.25) is 0 Å². The summed E-state index contributed by atoms with van der Waals surface area (Å²) in [6.07, 6.45) is 2.17. The van der Waals surface area contributed by atoms with Crippen molar-refractivity contribution in [2.45, 2.75) is 27.7 Å². The number of hydrogen-bond acceptors (Lipinski definition) is 3. The monoisotopic (exact) mass is 288 g/mol. The van der Waals surface area contributed by atoms with Crippen molar-refractivity contribution in [1.82, 2.24) is 0 Å². The molecule has 0 saturated heterocycles. The molecular weight excluding hydrogens is 264 g/mol. The molecule has 114 valence electrons. The van der Waals surface area contributed by atoms with E-state index in [1.54, 1.807) is 0 Å². The molecule has 0 radical (unpaired) electrons. The average molecular weight is 288 g/mol.